The molecule has 7 heteroatoms. The highest BCUT2D eigenvalue weighted by molar-refractivity contribution is 7.89. The van der Waals surface area contributed by atoms with E-state index in [4.69, 9.17) is 4.74 Å². The summed E-state index contributed by atoms with van der Waals surface area (Å²) in [6.07, 6.45) is 2.11. The van der Waals surface area contributed by atoms with E-state index < -0.39 is 10.0 Å². The molecule has 1 N–H and O–H groups in total. The van der Waals surface area contributed by atoms with Crippen LogP contribution in [0.25, 0.3) is 0 Å². The molecule has 3 aromatic rings. The van der Waals surface area contributed by atoms with Crippen molar-refractivity contribution in [3.05, 3.63) is 95.6 Å². The Morgan fingerprint density at radius 2 is 1.54 bits per heavy atom. The van der Waals surface area contributed by atoms with E-state index in [1.807, 2.05) is 55.5 Å². The molecule has 0 radical (unpaired) electrons. The number of sulfonamides is 1. The van der Waals surface area contributed by atoms with Crippen LogP contribution in [0.1, 0.15) is 30.0 Å². The summed E-state index contributed by atoms with van der Waals surface area (Å²) in [5.74, 6) is 0.303. The zero-order valence-corrected chi connectivity index (χ0v) is 21.4. The third-order valence-corrected chi connectivity index (χ3v) is 7.77. The second-order valence-electron chi connectivity index (χ2n) is 8.70. The first-order valence-electron chi connectivity index (χ1n) is 11.8. The predicted octanol–water partition coefficient (Wildman–Crippen LogP) is 4.37. The first-order valence-corrected chi connectivity index (χ1v) is 13.3. The lowest BCUT2D eigenvalue weighted by Crippen LogP contribution is -2.44. The van der Waals surface area contributed by atoms with Crippen LogP contribution in [-0.2, 0) is 27.7 Å². The van der Waals surface area contributed by atoms with Gasteiger partial charge in [-0.25, -0.2) is 8.42 Å². The number of methoxy groups -OCH3 is 1. The highest BCUT2D eigenvalue weighted by Crippen LogP contribution is 2.24. The Bertz CT molecular complexity index is 1200. The highest BCUT2D eigenvalue weighted by Gasteiger charge is 2.27. The molecule has 0 aliphatic carbocycles. The summed E-state index contributed by atoms with van der Waals surface area (Å²) in [6, 6.07) is 24.4. The van der Waals surface area contributed by atoms with Gasteiger partial charge in [0, 0.05) is 12.6 Å². The molecular formula is C28H34N2O4S. The van der Waals surface area contributed by atoms with Crippen LogP contribution in [0.4, 0.5) is 0 Å². The smallest absolute Gasteiger partial charge is 0.243 e. The number of nitrogens with one attached hydrogen (secondary N) is 1. The van der Waals surface area contributed by atoms with Gasteiger partial charge in [0.1, 0.15) is 5.75 Å². The number of ether oxygens (including phenoxy) is 1. The average molecular weight is 495 g/mol. The summed E-state index contributed by atoms with van der Waals surface area (Å²) < 4.78 is 33.6. The fourth-order valence-electron chi connectivity index (χ4n) is 3.92. The van der Waals surface area contributed by atoms with Gasteiger partial charge < -0.3 is 10.1 Å². The van der Waals surface area contributed by atoms with E-state index in [0.717, 1.165) is 24.0 Å². The number of benzene rings is 3. The average Bonchev–Trinajstić information content (AvgIpc) is 2.86. The molecule has 0 fully saturated rings. The number of rotatable bonds is 12. The molecule has 0 bridgehead atoms. The fourth-order valence-corrected chi connectivity index (χ4v) is 5.41. The summed E-state index contributed by atoms with van der Waals surface area (Å²) in [5, 5.41) is 2.97. The van der Waals surface area contributed by atoms with Crippen molar-refractivity contribution in [1.82, 2.24) is 9.62 Å². The number of hydrogen-bond acceptors (Lipinski definition) is 4. The Morgan fingerprint density at radius 1 is 0.943 bits per heavy atom. The van der Waals surface area contributed by atoms with Crippen LogP contribution in [0.15, 0.2) is 83.8 Å². The summed E-state index contributed by atoms with van der Waals surface area (Å²) in [6.45, 7) is 3.70. The van der Waals surface area contributed by atoms with Crippen molar-refractivity contribution in [3.8, 4) is 5.75 Å². The van der Waals surface area contributed by atoms with Gasteiger partial charge in [-0.1, -0.05) is 60.7 Å². The maximum Gasteiger partial charge on any atom is 0.243 e. The number of aryl methyl sites for hydroxylation is 2. The van der Waals surface area contributed by atoms with Gasteiger partial charge in [-0.15, -0.1) is 0 Å². The van der Waals surface area contributed by atoms with Gasteiger partial charge in [0.05, 0.1) is 18.6 Å². The van der Waals surface area contributed by atoms with E-state index >= 15 is 0 Å². The van der Waals surface area contributed by atoms with Gasteiger partial charge in [0.2, 0.25) is 15.9 Å². The lowest BCUT2D eigenvalue weighted by Gasteiger charge is -2.23. The van der Waals surface area contributed by atoms with Gasteiger partial charge >= 0.3 is 0 Å². The normalized spacial score (nSPS) is 12.3. The highest BCUT2D eigenvalue weighted by atomic mass is 32.2. The van der Waals surface area contributed by atoms with E-state index in [9.17, 15) is 13.2 Å². The number of hydrogen-bond donors (Lipinski definition) is 1. The van der Waals surface area contributed by atoms with Crippen LogP contribution < -0.4 is 10.1 Å². The van der Waals surface area contributed by atoms with Crippen LogP contribution in [-0.4, -0.2) is 44.9 Å². The number of carbonyl (C=O) groups excluding carboxylic acids is 1. The molecule has 35 heavy (non-hydrogen) atoms. The molecule has 1 atom stereocenters. The van der Waals surface area contributed by atoms with Crippen molar-refractivity contribution in [1.29, 1.82) is 0 Å². The van der Waals surface area contributed by atoms with Crippen LogP contribution in [0.2, 0.25) is 0 Å². The Balaban J connectivity index is 1.72. The van der Waals surface area contributed by atoms with E-state index in [-0.39, 0.29) is 29.9 Å². The Kier molecular flexibility index (Phi) is 9.46. The van der Waals surface area contributed by atoms with Crippen LogP contribution in [0.3, 0.4) is 0 Å². The second-order valence-corrected chi connectivity index (χ2v) is 10.6. The molecule has 0 heterocycles. The summed E-state index contributed by atoms with van der Waals surface area (Å²) in [5.41, 5.74) is 2.93. The molecule has 0 aromatic heterocycles. The molecule has 0 saturated carbocycles. The topological polar surface area (TPSA) is 75.7 Å². The van der Waals surface area contributed by atoms with Crippen LogP contribution >= 0.6 is 0 Å². The molecule has 0 unspecified atom stereocenters. The minimum absolute atomic E-state index is 0.0791. The first kappa shape index (κ1) is 26.4. The van der Waals surface area contributed by atoms with Crippen LogP contribution in [0, 0.1) is 6.92 Å². The van der Waals surface area contributed by atoms with Crippen molar-refractivity contribution in [2.45, 2.75) is 44.0 Å². The molecule has 0 spiro atoms. The van der Waals surface area contributed by atoms with Crippen molar-refractivity contribution < 1.29 is 17.9 Å². The molecule has 1 amide bonds. The molecule has 3 rings (SSSR count). The molecule has 3 aromatic carbocycles. The van der Waals surface area contributed by atoms with E-state index in [1.165, 1.54) is 15.9 Å². The number of amides is 1. The van der Waals surface area contributed by atoms with Gasteiger partial charge in [-0.2, -0.15) is 4.31 Å². The molecule has 186 valence electrons. The Hall–Kier alpha value is -3.16. The summed E-state index contributed by atoms with van der Waals surface area (Å²) in [4.78, 5) is 13.0. The lowest BCUT2D eigenvalue weighted by atomic mass is 10.1. The summed E-state index contributed by atoms with van der Waals surface area (Å²) in [7, 11) is -2.34. The maximum atomic E-state index is 13.5. The van der Waals surface area contributed by atoms with Crippen molar-refractivity contribution in [2.75, 3.05) is 20.2 Å². The van der Waals surface area contributed by atoms with Crippen molar-refractivity contribution >= 4 is 15.9 Å². The summed E-state index contributed by atoms with van der Waals surface area (Å²) >= 11 is 0. The molecular weight excluding hydrogens is 460 g/mol. The van der Waals surface area contributed by atoms with Crippen molar-refractivity contribution in [3.63, 3.8) is 0 Å². The zero-order chi connectivity index (χ0) is 25.3. The monoisotopic (exact) mass is 494 g/mol. The Morgan fingerprint density at radius 3 is 2.11 bits per heavy atom. The molecule has 0 aliphatic heterocycles. The largest absolute Gasteiger partial charge is 0.496 e. The lowest BCUT2D eigenvalue weighted by molar-refractivity contribution is -0.121. The zero-order valence-electron chi connectivity index (χ0n) is 20.6. The predicted molar refractivity (Wildman–Crippen MR) is 139 cm³/mol. The number of carbonyl (C=O) groups is 1. The molecule has 6 nitrogen and oxygen atoms in total. The van der Waals surface area contributed by atoms with Gasteiger partial charge in [-0.3, -0.25) is 4.79 Å². The van der Waals surface area contributed by atoms with Crippen molar-refractivity contribution in [2.24, 2.45) is 0 Å². The molecule has 0 aliphatic rings. The van der Waals surface area contributed by atoms with E-state index in [1.54, 1.807) is 26.2 Å². The van der Waals surface area contributed by atoms with Gasteiger partial charge in [0.15, 0.2) is 0 Å². The van der Waals surface area contributed by atoms with E-state index in [0.29, 0.717) is 12.2 Å². The third kappa shape index (κ3) is 7.67. The minimum Gasteiger partial charge on any atom is -0.496 e. The van der Waals surface area contributed by atoms with E-state index in [2.05, 4.69) is 17.4 Å². The minimum atomic E-state index is -3.89. The quantitative estimate of drug-likeness (QED) is 0.406. The number of nitrogens with zero attached hydrogens (tertiary/aromatic N) is 1. The fraction of sp³-hybridized carbons (Fsp3) is 0.321. The van der Waals surface area contributed by atoms with Gasteiger partial charge in [-0.05, 0) is 68.0 Å². The first-order chi connectivity index (χ1) is 16.8. The van der Waals surface area contributed by atoms with Crippen LogP contribution in [0.5, 0.6) is 5.75 Å². The third-order valence-electron chi connectivity index (χ3n) is 5.93. The Labute approximate surface area is 209 Å². The molecule has 0 saturated heterocycles. The maximum absolute atomic E-state index is 13.5. The van der Waals surface area contributed by atoms with Gasteiger partial charge in [0.25, 0.3) is 0 Å². The standard InChI is InChI=1S/C28H34N2O4S/c1-22-20-26(16-17-27(22)34-3)35(32,33)30(19-18-25-12-8-5-9-13-25)21-28(31)29-23(2)14-15-24-10-6-4-7-11-24/h4-13,16-17,20,23H,14-15,18-19,21H2,1-3H3,(H,29,31)/t23-/m0/s1. The second kappa shape index (κ2) is 12.5. The SMILES string of the molecule is COc1ccc(S(=O)(=O)N(CCc2ccccc2)CC(=O)N[C@@H](C)CCc2ccccc2)cc1C.